The first-order valence-electron chi connectivity index (χ1n) is 8.60. The van der Waals surface area contributed by atoms with E-state index in [1.54, 1.807) is 4.57 Å². The lowest BCUT2D eigenvalue weighted by Crippen LogP contribution is -2.30. The van der Waals surface area contributed by atoms with Crippen LogP contribution in [0.25, 0.3) is 21.5 Å². The largest absolute Gasteiger partial charge is 0.349 e. The molecule has 3 heterocycles. The minimum atomic E-state index is -0.408. The van der Waals surface area contributed by atoms with Gasteiger partial charge in [0, 0.05) is 30.1 Å². The number of aromatic nitrogens is 2. The molecule has 0 amide bonds. The minimum absolute atomic E-state index is 0.0273. The molecule has 1 aromatic carbocycles. The molecule has 2 aromatic heterocycles. The van der Waals surface area contributed by atoms with Gasteiger partial charge in [-0.1, -0.05) is 30.3 Å². The van der Waals surface area contributed by atoms with Crippen molar-refractivity contribution in [2.24, 2.45) is 0 Å². The van der Waals surface area contributed by atoms with Crippen molar-refractivity contribution < 1.29 is 4.92 Å². The lowest BCUT2D eigenvalue weighted by Gasteiger charge is -2.16. The number of hydrogen-bond acceptors (Lipinski definition) is 6. The van der Waals surface area contributed by atoms with Crippen LogP contribution in [-0.2, 0) is 6.54 Å². The number of thiophene rings is 1. The van der Waals surface area contributed by atoms with Crippen LogP contribution < -0.4 is 5.69 Å². The van der Waals surface area contributed by atoms with Gasteiger partial charge in [0.15, 0.2) is 0 Å². The number of fused-ring (bicyclic) bond motifs is 1. The summed E-state index contributed by atoms with van der Waals surface area (Å²) < 4.78 is 1.58. The smallest absolute Gasteiger partial charge is 0.302 e. The van der Waals surface area contributed by atoms with E-state index in [0.717, 1.165) is 36.5 Å². The monoisotopic (exact) mass is 370 g/mol. The van der Waals surface area contributed by atoms with E-state index in [-0.39, 0.29) is 10.7 Å². The zero-order valence-corrected chi connectivity index (χ0v) is 14.9. The van der Waals surface area contributed by atoms with Crippen LogP contribution >= 0.6 is 11.3 Å². The molecule has 0 radical (unpaired) electrons. The van der Waals surface area contributed by atoms with Gasteiger partial charge in [0.2, 0.25) is 0 Å². The third-order valence-corrected chi connectivity index (χ3v) is 5.81. The SMILES string of the molecule is O=c1nc(-c2ccccc2)c2cc([N+](=O)[O-])sc2n1CCN1CCCC1. The predicted molar refractivity (Wildman–Crippen MR) is 102 cm³/mol. The van der Waals surface area contributed by atoms with Gasteiger partial charge in [-0.25, -0.2) is 4.79 Å². The van der Waals surface area contributed by atoms with E-state index in [1.165, 1.54) is 18.9 Å². The van der Waals surface area contributed by atoms with Crippen molar-refractivity contribution in [1.82, 2.24) is 14.5 Å². The number of hydrogen-bond donors (Lipinski definition) is 0. The van der Waals surface area contributed by atoms with Crippen molar-refractivity contribution in [3.05, 3.63) is 57.0 Å². The summed E-state index contributed by atoms with van der Waals surface area (Å²) in [5, 5.41) is 12.0. The highest BCUT2D eigenvalue weighted by atomic mass is 32.1. The normalized spacial score (nSPS) is 14.9. The average molecular weight is 370 g/mol. The molecule has 8 heteroatoms. The lowest BCUT2D eigenvalue weighted by molar-refractivity contribution is -0.380. The number of rotatable bonds is 5. The lowest BCUT2D eigenvalue weighted by atomic mass is 10.1. The van der Waals surface area contributed by atoms with E-state index in [2.05, 4.69) is 9.88 Å². The molecule has 4 rings (SSSR count). The molecule has 0 N–H and O–H groups in total. The highest BCUT2D eigenvalue weighted by molar-refractivity contribution is 7.21. The van der Waals surface area contributed by atoms with Crippen LogP contribution in [-0.4, -0.2) is 39.0 Å². The molecular formula is C18H18N4O3S. The molecular weight excluding hydrogens is 352 g/mol. The molecule has 0 spiro atoms. The topological polar surface area (TPSA) is 81.3 Å². The fourth-order valence-corrected chi connectivity index (χ4v) is 4.39. The summed E-state index contributed by atoms with van der Waals surface area (Å²) in [7, 11) is 0. The van der Waals surface area contributed by atoms with Crippen LogP contribution in [0.15, 0.2) is 41.2 Å². The van der Waals surface area contributed by atoms with Gasteiger partial charge in [-0.2, -0.15) is 4.98 Å². The van der Waals surface area contributed by atoms with Gasteiger partial charge >= 0.3 is 10.7 Å². The molecule has 1 fully saturated rings. The molecule has 0 aliphatic carbocycles. The maximum absolute atomic E-state index is 12.7. The maximum atomic E-state index is 12.7. The molecule has 134 valence electrons. The van der Waals surface area contributed by atoms with Crippen LogP contribution in [0.2, 0.25) is 0 Å². The molecule has 7 nitrogen and oxygen atoms in total. The highest BCUT2D eigenvalue weighted by Gasteiger charge is 2.21. The average Bonchev–Trinajstić information content (AvgIpc) is 3.31. The van der Waals surface area contributed by atoms with Gasteiger partial charge in [0.05, 0.1) is 10.6 Å². The first-order valence-corrected chi connectivity index (χ1v) is 9.41. The quantitative estimate of drug-likeness (QED) is 0.509. The molecule has 1 aliphatic heterocycles. The van der Waals surface area contributed by atoms with E-state index in [4.69, 9.17) is 0 Å². The van der Waals surface area contributed by atoms with Gasteiger partial charge in [0.25, 0.3) is 0 Å². The number of likely N-dealkylation sites (tertiary alicyclic amines) is 1. The third kappa shape index (κ3) is 3.13. The molecule has 0 saturated carbocycles. The van der Waals surface area contributed by atoms with Gasteiger partial charge in [-0.3, -0.25) is 14.7 Å². The Balaban J connectivity index is 1.83. The van der Waals surface area contributed by atoms with E-state index in [0.29, 0.717) is 22.5 Å². The molecule has 1 aliphatic rings. The van der Waals surface area contributed by atoms with Crippen LogP contribution in [0.3, 0.4) is 0 Å². The Kier molecular flexibility index (Phi) is 4.52. The van der Waals surface area contributed by atoms with E-state index >= 15 is 0 Å². The second-order valence-corrected chi connectivity index (χ2v) is 7.38. The van der Waals surface area contributed by atoms with Gasteiger partial charge in [-0.15, -0.1) is 0 Å². The summed E-state index contributed by atoms with van der Waals surface area (Å²) in [6.07, 6.45) is 2.36. The summed E-state index contributed by atoms with van der Waals surface area (Å²) in [5.41, 5.74) is 0.939. The molecule has 3 aromatic rings. The molecule has 26 heavy (non-hydrogen) atoms. The third-order valence-electron chi connectivity index (χ3n) is 4.70. The van der Waals surface area contributed by atoms with Crippen LogP contribution in [0.5, 0.6) is 0 Å². The van der Waals surface area contributed by atoms with Crippen molar-refractivity contribution in [1.29, 1.82) is 0 Å². The minimum Gasteiger partial charge on any atom is -0.302 e. The summed E-state index contributed by atoms with van der Waals surface area (Å²) in [6.45, 7) is 3.33. The molecule has 0 unspecified atom stereocenters. The Morgan fingerprint density at radius 2 is 1.88 bits per heavy atom. The number of nitro groups is 1. The summed E-state index contributed by atoms with van der Waals surface area (Å²) in [4.78, 5) is 30.7. The number of nitrogens with zero attached hydrogens (tertiary/aromatic N) is 4. The molecule has 1 saturated heterocycles. The Morgan fingerprint density at radius 3 is 2.58 bits per heavy atom. The van der Waals surface area contributed by atoms with Crippen molar-refractivity contribution in [3.63, 3.8) is 0 Å². The Hall–Kier alpha value is -2.58. The first-order chi connectivity index (χ1) is 12.6. The fraction of sp³-hybridized carbons (Fsp3) is 0.333. The Bertz CT molecular complexity index is 1010. The van der Waals surface area contributed by atoms with E-state index < -0.39 is 4.92 Å². The zero-order chi connectivity index (χ0) is 18.1. The fourth-order valence-electron chi connectivity index (χ4n) is 3.39. The van der Waals surface area contributed by atoms with Crippen molar-refractivity contribution in [2.75, 3.05) is 19.6 Å². The maximum Gasteiger partial charge on any atom is 0.349 e. The van der Waals surface area contributed by atoms with Crippen molar-refractivity contribution >= 4 is 26.6 Å². The zero-order valence-electron chi connectivity index (χ0n) is 14.1. The summed E-state index contributed by atoms with van der Waals surface area (Å²) in [6, 6.07) is 10.9. The predicted octanol–water partition coefficient (Wildman–Crippen LogP) is 3.13. The second-order valence-electron chi connectivity index (χ2n) is 6.37. The Morgan fingerprint density at radius 1 is 1.15 bits per heavy atom. The van der Waals surface area contributed by atoms with Gasteiger partial charge < -0.3 is 4.90 Å². The van der Waals surface area contributed by atoms with E-state index in [9.17, 15) is 14.9 Å². The van der Waals surface area contributed by atoms with Crippen molar-refractivity contribution in [3.8, 4) is 11.3 Å². The standard InChI is InChI=1S/C18H18N4O3S/c23-18-19-16(13-6-2-1-3-7-13)14-12-15(22(24)25)26-17(14)21(18)11-10-20-8-4-5-9-20/h1-3,6-7,12H,4-5,8-11H2. The van der Waals surface area contributed by atoms with Crippen LogP contribution in [0.1, 0.15) is 12.8 Å². The van der Waals surface area contributed by atoms with Crippen molar-refractivity contribution in [2.45, 2.75) is 19.4 Å². The summed E-state index contributed by atoms with van der Waals surface area (Å²) in [5.74, 6) is 0. The van der Waals surface area contributed by atoms with E-state index in [1.807, 2.05) is 30.3 Å². The van der Waals surface area contributed by atoms with Gasteiger partial charge in [-0.05, 0) is 37.3 Å². The van der Waals surface area contributed by atoms with Crippen LogP contribution in [0, 0.1) is 10.1 Å². The second kappa shape index (κ2) is 6.97. The highest BCUT2D eigenvalue weighted by Crippen LogP contribution is 2.35. The molecule has 0 bridgehead atoms. The number of benzene rings is 1. The summed E-state index contributed by atoms with van der Waals surface area (Å²) >= 11 is 1.04. The molecule has 0 atom stereocenters. The van der Waals surface area contributed by atoms with Crippen LogP contribution in [0.4, 0.5) is 5.00 Å². The van der Waals surface area contributed by atoms with Gasteiger partial charge in [0.1, 0.15) is 4.83 Å². The Labute approximate surface area is 153 Å². The first kappa shape index (κ1) is 16.9.